The third kappa shape index (κ3) is 3.98. The first kappa shape index (κ1) is 16.0. The molecule has 1 aromatic carbocycles. The summed E-state index contributed by atoms with van der Waals surface area (Å²) in [5.74, 6) is 0.101. The van der Waals surface area contributed by atoms with Crippen LogP contribution in [0, 0.1) is 0 Å². The van der Waals surface area contributed by atoms with E-state index in [2.05, 4.69) is 48.5 Å². The maximum Gasteiger partial charge on any atom is 0.326 e. The third-order valence-corrected chi connectivity index (χ3v) is 3.25. The molecule has 0 radical (unpaired) electrons. The summed E-state index contributed by atoms with van der Waals surface area (Å²) >= 11 is 0. The Hall–Kier alpha value is -2.04. The number of nitrogens with two attached hydrogens (primary N) is 1. The zero-order valence-electron chi connectivity index (χ0n) is 12.7. The quantitative estimate of drug-likeness (QED) is 0.583. The van der Waals surface area contributed by atoms with E-state index in [0.717, 1.165) is 36.1 Å². The Bertz CT molecular complexity index is 484. The molecule has 0 aliphatic rings. The third-order valence-electron chi connectivity index (χ3n) is 3.25. The van der Waals surface area contributed by atoms with Crippen molar-refractivity contribution >= 4 is 17.7 Å². The molecule has 0 heterocycles. The lowest BCUT2D eigenvalue weighted by atomic mass is 9.98. The van der Waals surface area contributed by atoms with Gasteiger partial charge in [-0.25, -0.2) is 4.79 Å². The van der Waals surface area contributed by atoms with Gasteiger partial charge in [0.05, 0.1) is 0 Å². The smallest absolute Gasteiger partial charge is 0.326 e. The number of nitrogens with zero attached hydrogens (tertiary/aromatic N) is 1. The number of hydrogen-bond acceptors (Lipinski definition) is 2. The molecule has 1 rings (SSSR count). The predicted molar refractivity (Wildman–Crippen MR) is 84.3 cm³/mol. The molecule has 0 aliphatic carbocycles. The molecule has 20 heavy (non-hydrogen) atoms. The van der Waals surface area contributed by atoms with Gasteiger partial charge >= 0.3 is 6.03 Å². The van der Waals surface area contributed by atoms with Crippen molar-refractivity contribution in [2.75, 3.05) is 12.4 Å². The van der Waals surface area contributed by atoms with E-state index in [1.54, 1.807) is 0 Å². The Balaban J connectivity index is 3.06. The SMILES string of the molecule is CCc1cc(CC)c(NC(=O)NC(N)=NC)c(CC)c1. The highest BCUT2D eigenvalue weighted by Gasteiger charge is 2.12. The van der Waals surface area contributed by atoms with Crippen LogP contribution < -0.4 is 16.4 Å². The van der Waals surface area contributed by atoms with Crippen molar-refractivity contribution in [1.82, 2.24) is 5.32 Å². The second kappa shape index (κ2) is 7.53. The number of aliphatic imine (C=N–C) groups is 1. The van der Waals surface area contributed by atoms with Crippen LogP contribution >= 0.6 is 0 Å². The summed E-state index contributed by atoms with van der Waals surface area (Å²) in [7, 11) is 1.53. The summed E-state index contributed by atoms with van der Waals surface area (Å²) in [4.78, 5) is 15.6. The van der Waals surface area contributed by atoms with Crippen LogP contribution in [0.25, 0.3) is 0 Å². The van der Waals surface area contributed by atoms with Gasteiger partial charge in [0, 0.05) is 12.7 Å². The fourth-order valence-corrected chi connectivity index (χ4v) is 2.08. The van der Waals surface area contributed by atoms with Crippen LogP contribution in [-0.2, 0) is 19.3 Å². The fraction of sp³-hybridized carbons (Fsp3) is 0.467. The normalized spacial score (nSPS) is 11.3. The molecule has 4 N–H and O–H groups in total. The minimum Gasteiger partial charge on any atom is -0.370 e. The van der Waals surface area contributed by atoms with Crippen molar-refractivity contribution < 1.29 is 4.79 Å². The second-order valence-corrected chi connectivity index (χ2v) is 4.54. The van der Waals surface area contributed by atoms with Crippen molar-refractivity contribution in [3.63, 3.8) is 0 Å². The summed E-state index contributed by atoms with van der Waals surface area (Å²) in [6.45, 7) is 6.30. The highest BCUT2D eigenvalue weighted by molar-refractivity contribution is 6.02. The van der Waals surface area contributed by atoms with Crippen molar-refractivity contribution in [3.05, 3.63) is 28.8 Å². The van der Waals surface area contributed by atoms with Crippen molar-refractivity contribution in [2.45, 2.75) is 40.0 Å². The molecule has 5 nitrogen and oxygen atoms in total. The molecule has 0 atom stereocenters. The zero-order chi connectivity index (χ0) is 15.1. The number of benzene rings is 1. The Morgan fingerprint density at radius 1 is 1.15 bits per heavy atom. The Morgan fingerprint density at radius 3 is 2.10 bits per heavy atom. The zero-order valence-corrected chi connectivity index (χ0v) is 12.7. The maximum atomic E-state index is 11.9. The van der Waals surface area contributed by atoms with Gasteiger partial charge in [-0.1, -0.05) is 32.9 Å². The largest absolute Gasteiger partial charge is 0.370 e. The lowest BCUT2D eigenvalue weighted by molar-refractivity contribution is 0.256. The molecule has 1 aromatic rings. The Morgan fingerprint density at radius 2 is 1.70 bits per heavy atom. The summed E-state index contributed by atoms with van der Waals surface area (Å²) < 4.78 is 0. The number of aryl methyl sites for hydroxylation is 3. The van der Waals surface area contributed by atoms with Crippen LogP contribution in [0.15, 0.2) is 17.1 Å². The summed E-state index contributed by atoms with van der Waals surface area (Å²) in [5.41, 5.74) is 9.95. The van der Waals surface area contributed by atoms with Gasteiger partial charge in [0.25, 0.3) is 0 Å². The predicted octanol–water partition coefficient (Wildman–Crippen LogP) is 2.44. The molecule has 2 amide bonds. The van der Waals surface area contributed by atoms with Gasteiger partial charge in [-0.3, -0.25) is 10.3 Å². The number of rotatable bonds is 4. The maximum absolute atomic E-state index is 11.9. The highest BCUT2D eigenvalue weighted by Crippen LogP contribution is 2.25. The standard InChI is InChI=1S/C15H24N4O/c1-5-10-8-11(6-2)13(12(7-3)9-10)18-15(20)19-14(16)17-4/h8-9H,5-7H2,1-4H3,(H4,16,17,18,19,20). The Labute approximate surface area is 120 Å². The van der Waals surface area contributed by atoms with Crippen LogP contribution in [0.2, 0.25) is 0 Å². The van der Waals surface area contributed by atoms with Gasteiger partial charge in [-0.2, -0.15) is 0 Å². The van der Waals surface area contributed by atoms with E-state index in [-0.39, 0.29) is 12.0 Å². The van der Waals surface area contributed by atoms with E-state index in [4.69, 9.17) is 5.73 Å². The molecule has 110 valence electrons. The summed E-state index contributed by atoms with van der Waals surface area (Å²) in [6, 6.07) is 3.93. The number of carbonyl (C=O) groups is 1. The van der Waals surface area contributed by atoms with E-state index in [0.29, 0.717) is 0 Å². The number of anilines is 1. The molecule has 0 unspecified atom stereocenters. The van der Waals surface area contributed by atoms with Gasteiger partial charge in [-0.15, -0.1) is 0 Å². The molecule has 0 spiro atoms. The van der Waals surface area contributed by atoms with E-state index in [1.807, 2.05) is 0 Å². The van der Waals surface area contributed by atoms with E-state index in [1.165, 1.54) is 12.6 Å². The number of hydrogen-bond donors (Lipinski definition) is 3. The first-order valence-electron chi connectivity index (χ1n) is 7.00. The van der Waals surface area contributed by atoms with Crippen molar-refractivity contribution in [1.29, 1.82) is 0 Å². The van der Waals surface area contributed by atoms with Gasteiger partial charge in [0.15, 0.2) is 5.96 Å². The highest BCUT2D eigenvalue weighted by atomic mass is 16.2. The van der Waals surface area contributed by atoms with Crippen LogP contribution in [0.4, 0.5) is 10.5 Å². The molecule has 0 saturated carbocycles. The molecule has 5 heteroatoms. The lowest BCUT2D eigenvalue weighted by Crippen LogP contribution is -2.39. The number of urea groups is 1. The van der Waals surface area contributed by atoms with E-state index >= 15 is 0 Å². The number of guanidine groups is 1. The first-order chi connectivity index (χ1) is 9.55. The van der Waals surface area contributed by atoms with Crippen LogP contribution in [-0.4, -0.2) is 19.0 Å². The van der Waals surface area contributed by atoms with E-state index < -0.39 is 0 Å². The van der Waals surface area contributed by atoms with Crippen molar-refractivity contribution in [2.24, 2.45) is 10.7 Å². The van der Waals surface area contributed by atoms with Gasteiger partial charge in [0.1, 0.15) is 0 Å². The number of nitrogens with one attached hydrogen (secondary N) is 2. The Kier molecular flexibility index (Phi) is 6.03. The topological polar surface area (TPSA) is 79.5 Å². The van der Waals surface area contributed by atoms with Crippen LogP contribution in [0.3, 0.4) is 0 Å². The van der Waals surface area contributed by atoms with Crippen LogP contribution in [0.5, 0.6) is 0 Å². The average molecular weight is 276 g/mol. The second-order valence-electron chi connectivity index (χ2n) is 4.54. The monoisotopic (exact) mass is 276 g/mol. The van der Waals surface area contributed by atoms with E-state index in [9.17, 15) is 4.79 Å². The molecule has 0 aromatic heterocycles. The summed E-state index contributed by atoms with van der Waals surface area (Å²) in [6.07, 6.45) is 2.73. The van der Waals surface area contributed by atoms with Gasteiger partial charge in [-0.05, 0) is 36.0 Å². The van der Waals surface area contributed by atoms with Gasteiger partial charge < -0.3 is 11.1 Å². The van der Waals surface area contributed by atoms with Crippen LogP contribution in [0.1, 0.15) is 37.5 Å². The molecular formula is C15H24N4O. The van der Waals surface area contributed by atoms with Crippen molar-refractivity contribution in [3.8, 4) is 0 Å². The molecular weight excluding hydrogens is 252 g/mol. The summed E-state index contributed by atoms with van der Waals surface area (Å²) in [5, 5.41) is 5.37. The number of carbonyl (C=O) groups excluding carboxylic acids is 1. The molecule has 0 fully saturated rings. The minimum atomic E-state index is -0.359. The average Bonchev–Trinajstić information content (AvgIpc) is 2.46. The molecule has 0 saturated heterocycles. The molecule has 0 aliphatic heterocycles. The number of amides is 2. The molecule has 0 bridgehead atoms. The van der Waals surface area contributed by atoms with Gasteiger partial charge in [0.2, 0.25) is 0 Å². The lowest BCUT2D eigenvalue weighted by Gasteiger charge is -2.16. The first-order valence-corrected chi connectivity index (χ1v) is 7.00. The fourth-order valence-electron chi connectivity index (χ4n) is 2.08. The minimum absolute atomic E-state index is 0.101.